The standard InChI is InChI=1S/C6H7N3O2S/c7-9-6(11)5(10)8-4-1-2-12-3-4/h1-3H,7H2,(H,8,10)(H,9,11). The van der Waals surface area contributed by atoms with Gasteiger partial charge >= 0.3 is 11.8 Å². The molecule has 0 fully saturated rings. The van der Waals surface area contributed by atoms with Crippen LogP contribution in [0.2, 0.25) is 0 Å². The van der Waals surface area contributed by atoms with E-state index in [1.165, 1.54) is 11.3 Å². The molecule has 1 aromatic rings. The number of rotatable bonds is 1. The molecule has 1 aromatic heterocycles. The van der Waals surface area contributed by atoms with Crippen LogP contribution in [0.1, 0.15) is 0 Å². The lowest BCUT2D eigenvalue weighted by molar-refractivity contribution is -0.136. The Balaban J connectivity index is 2.53. The number of carbonyl (C=O) groups is 2. The first-order valence-electron chi connectivity index (χ1n) is 3.08. The molecule has 0 atom stereocenters. The van der Waals surface area contributed by atoms with Gasteiger partial charge in [0.1, 0.15) is 0 Å². The third kappa shape index (κ3) is 2.04. The summed E-state index contributed by atoms with van der Waals surface area (Å²) in [5.41, 5.74) is 2.32. The number of nitrogens with one attached hydrogen (secondary N) is 2. The molecule has 0 spiro atoms. The van der Waals surface area contributed by atoms with E-state index in [4.69, 9.17) is 5.84 Å². The molecule has 2 amide bonds. The van der Waals surface area contributed by atoms with Crippen molar-refractivity contribution in [3.05, 3.63) is 16.8 Å². The van der Waals surface area contributed by atoms with E-state index in [1.54, 1.807) is 22.3 Å². The monoisotopic (exact) mass is 185 g/mol. The van der Waals surface area contributed by atoms with Gasteiger partial charge in [0.2, 0.25) is 0 Å². The third-order valence-corrected chi connectivity index (χ3v) is 1.80. The highest BCUT2D eigenvalue weighted by Crippen LogP contribution is 2.10. The molecule has 4 N–H and O–H groups in total. The molecular formula is C6H7N3O2S. The zero-order valence-electron chi connectivity index (χ0n) is 6.03. The summed E-state index contributed by atoms with van der Waals surface area (Å²) in [6.45, 7) is 0. The number of thiophene rings is 1. The quantitative estimate of drug-likeness (QED) is 0.242. The van der Waals surface area contributed by atoms with Crippen LogP contribution in [0.5, 0.6) is 0 Å². The zero-order valence-corrected chi connectivity index (χ0v) is 6.85. The average molecular weight is 185 g/mol. The largest absolute Gasteiger partial charge is 0.323 e. The Morgan fingerprint density at radius 2 is 2.17 bits per heavy atom. The molecule has 0 bridgehead atoms. The highest BCUT2D eigenvalue weighted by atomic mass is 32.1. The predicted octanol–water partition coefficient (Wildman–Crippen LogP) is -0.324. The molecule has 5 nitrogen and oxygen atoms in total. The van der Waals surface area contributed by atoms with Gasteiger partial charge < -0.3 is 5.32 Å². The van der Waals surface area contributed by atoms with E-state index in [-0.39, 0.29) is 0 Å². The molecular weight excluding hydrogens is 178 g/mol. The summed E-state index contributed by atoms with van der Waals surface area (Å²) in [7, 11) is 0. The highest BCUT2D eigenvalue weighted by molar-refractivity contribution is 7.08. The second-order valence-electron chi connectivity index (χ2n) is 1.94. The van der Waals surface area contributed by atoms with E-state index < -0.39 is 11.8 Å². The summed E-state index contributed by atoms with van der Waals surface area (Å²) in [4.78, 5) is 21.4. The maximum absolute atomic E-state index is 10.8. The molecule has 0 aliphatic rings. The van der Waals surface area contributed by atoms with E-state index in [2.05, 4.69) is 5.32 Å². The molecule has 0 aliphatic carbocycles. The molecule has 1 rings (SSSR count). The van der Waals surface area contributed by atoms with E-state index >= 15 is 0 Å². The first-order chi connectivity index (χ1) is 5.74. The first-order valence-corrected chi connectivity index (χ1v) is 4.02. The lowest BCUT2D eigenvalue weighted by Gasteiger charge is -1.99. The lowest BCUT2D eigenvalue weighted by Crippen LogP contribution is -2.39. The van der Waals surface area contributed by atoms with Gasteiger partial charge in [-0.3, -0.25) is 15.0 Å². The van der Waals surface area contributed by atoms with Gasteiger partial charge in [-0.05, 0) is 11.4 Å². The molecule has 1 heterocycles. The Morgan fingerprint density at radius 3 is 2.67 bits per heavy atom. The Hall–Kier alpha value is -1.40. The van der Waals surface area contributed by atoms with E-state index in [0.29, 0.717) is 5.69 Å². The van der Waals surface area contributed by atoms with Crippen molar-refractivity contribution in [3.63, 3.8) is 0 Å². The van der Waals surface area contributed by atoms with Gasteiger partial charge in [-0.2, -0.15) is 11.3 Å². The Labute approximate surface area is 72.5 Å². The molecule has 0 unspecified atom stereocenters. The number of nitrogens with two attached hydrogens (primary N) is 1. The van der Waals surface area contributed by atoms with Gasteiger partial charge in [0.05, 0.1) is 5.69 Å². The normalized spacial score (nSPS) is 9.08. The summed E-state index contributed by atoms with van der Waals surface area (Å²) >= 11 is 1.42. The van der Waals surface area contributed by atoms with Crippen LogP contribution in [0.4, 0.5) is 5.69 Å². The van der Waals surface area contributed by atoms with Crippen molar-refractivity contribution in [3.8, 4) is 0 Å². The Morgan fingerprint density at radius 1 is 1.42 bits per heavy atom. The van der Waals surface area contributed by atoms with Crippen molar-refractivity contribution < 1.29 is 9.59 Å². The number of hydrazine groups is 1. The number of amides is 2. The van der Waals surface area contributed by atoms with Crippen molar-refractivity contribution >= 4 is 28.8 Å². The highest BCUT2D eigenvalue weighted by Gasteiger charge is 2.11. The van der Waals surface area contributed by atoms with Crippen LogP contribution in [0.25, 0.3) is 0 Å². The van der Waals surface area contributed by atoms with Gasteiger partial charge in [-0.15, -0.1) is 0 Å². The van der Waals surface area contributed by atoms with E-state index in [0.717, 1.165) is 0 Å². The topological polar surface area (TPSA) is 84.2 Å². The van der Waals surface area contributed by atoms with Crippen LogP contribution in [-0.2, 0) is 9.59 Å². The van der Waals surface area contributed by atoms with Gasteiger partial charge in [0, 0.05) is 5.38 Å². The molecule has 0 saturated heterocycles. The minimum Gasteiger partial charge on any atom is -0.317 e. The van der Waals surface area contributed by atoms with Crippen molar-refractivity contribution in [2.75, 3.05) is 5.32 Å². The maximum atomic E-state index is 10.8. The van der Waals surface area contributed by atoms with Crippen LogP contribution in [0.3, 0.4) is 0 Å². The fourth-order valence-corrected chi connectivity index (χ4v) is 1.18. The van der Waals surface area contributed by atoms with E-state index in [9.17, 15) is 9.59 Å². The van der Waals surface area contributed by atoms with Gasteiger partial charge in [0.25, 0.3) is 0 Å². The summed E-state index contributed by atoms with van der Waals surface area (Å²) < 4.78 is 0. The Bertz CT molecular complexity index is 283. The van der Waals surface area contributed by atoms with Crippen LogP contribution in [0.15, 0.2) is 16.8 Å². The third-order valence-electron chi connectivity index (χ3n) is 1.12. The SMILES string of the molecule is NNC(=O)C(=O)Nc1ccsc1. The van der Waals surface area contributed by atoms with E-state index in [1.807, 2.05) is 0 Å². The predicted molar refractivity (Wildman–Crippen MR) is 45.3 cm³/mol. The van der Waals surface area contributed by atoms with Gasteiger partial charge in [-0.25, -0.2) is 5.84 Å². The minimum absolute atomic E-state index is 0.591. The molecule has 6 heteroatoms. The number of carbonyl (C=O) groups excluding carboxylic acids is 2. The number of hydrogen-bond donors (Lipinski definition) is 3. The second-order valence-corrected chi connectivity index (χ2v) is 2.72. The van der Waals surface area contributed by atoms with Crippen molar-refractivity contribution in [2.24, 2.45) is 5.84 Å². The van der Waals surface area contributed by atoms with Crippen molar-refractivity contribution in [1.29, 1.82) is 0 Å². The summed E-state index contributed by atoms with van der Waals surface area (Å²) in [5, 5.41) is 5.85. The van der Waals surface area contributed by atoms with Gasteiger partial charge in [-0.1, -0.05) is 0 Å². The molecule has 0 aromatic carbocycles. The summed E-state index contributed by atoms with van der Waals surface area (Å²) in [6.07, 6.45) is 0. The fourth-order valence-electron chi connectivity index (χ4n) is 0.589. The minimum atomic E-state index is -0.860. The lowest BCUT2D eigenvalue weighted by atomic mass is 10.5. The Kier molecular flexibility index (Phi) is 2.78. The molecule has 64 valence electrons. The van der Waals surface area contributed by atoms with Gasteiger partial charge in [0.15, 0.2) is 0 Å². The van der Waals surface area contributed by atoms with Crippen molar-refractivity contribution in [2.45, 2.75) is 0 Å². The zero-order chi connectivity index (χ0) is 8.97. The molecule has 0 radical (unpaired) electrons. The van der Waals surface area contributed by atoms with Crippen LogP contribution >= 0.6 is 11.3 Å². The average Bonchev–Trinajstić information content (AvgIpc) is 2.55. The number of hydrogen-bond acceptors (Lipinski definition) is 4. The smallest absolute Gasteiger partial charge is 0.317 e. The van der Waals surface area contributed by atoms with Crippen LogP contribution < -0.4 is 16.6 Å². The fraction of sp³-hybridized carbons (Fsp3) is 0. The summed E-state index contributed by atoms with van der Waals surface area (Å²) in [5.74, 6) is 3.12. The number of anilines is 1. The van der Waals surface area contributed by atoms with Crippen molar-refractivity contribution in [1.82, 2.24) is 5.43 Å². The first kappa shape index (κ1) is 8.69. The van der Waals surface area contributed by atoms with Crippen LogP contribution in [-0.4, -0.2) is 11.8 Å². The second kappa shape index (κ2) is 3.84. The van der Waals surface area contributed by atoms with Crippen LogP contribution in [0, 0.1) is 0 Å². The molecule has 12 heavy (non-hydrogen) atoms. The molecule has 0 saturated carbocycles. The molecule has 0 aliphatic heterocycles. The maximum Gasteiger partial charge on any atom is 0.323 e. The summed E-state index contributed by atoms with van der Waals surface area (Å²) in [6, 6.07) is 1.69.